The molecule has 1 aromatic rings. The van der Waals surface area contributed by atoms with Crippen molar-refractivity contribution in [1.29, 1.82) is 0 Å². The first-order valence-electron chi connectivity index (χ1n) is 6.38. The van der Waals surface area contributed by atoms with Crippen LogP contribution in [0.2, 0.25) is 0 Å². The van der Waals surface area contributed by atoms with Crippen molar-refractivity contribution in [2.24, 2.45) is 5.16 Å². The predicted octanol–water partition coefficient (Wildman–Crippen LogP) is -0.292. The molecule has 0 spiro atoms. The van der Waals surface area contributed by atoms with Crippen LogP contribution in [-0.2, 0) is 11.2 Å². The van der Waals surface area contributed by atoms with Gasteiger partial charge in [0.25, 0.3) is 5.56 Å². The summed E-state index contributed by atoms with van der Waals surface area (Å²) in [6.45, 7) is 0.146. The third-order valence-corrected chi connectivity index (χ3v) is 2.60. The molecule has 0 saturated carbocycles. The van der Waals surface area contributed by atoms with Gasteiger partial charge >= 0.3 is 6.18 Å². The Morgan fingerprint density at radius 3 is 2.70 bits per heavy atom. The first-order chi connectivity index (χ1) is 10.8. The molecule has 9 nitrogen and oxygen atoms in total. The summed E-state index contributed by atoms with van der Waals surface area (Å²) in [5.41, 5.74) is 2.54. The molecule has 1 aromatic heterocycles. The van der Waals surface area contributed by atoms with Gasteiger partial charge in [-0.1, -0.05) is 5.16 Å². The standard InChI is InChI=1S/C11H16F3N5O4/c12-11(13,14)7(19-22)5-6-8(16-1-3-23-4-2-20)17-10(15)18-9(6)21/h20,22H,1-5H2,(H4,15,16,17,18,21)/b19-7+. The van der Waals surface area contributed by atoms with Crippen LogP contribution < -0.4 is 16.6 Å². The fourth-order valence-corrected chi connectivity index (χ4v) is 1.59. The first-order valence-corrected chi connectivity index (χ1v) is 6.38. The maximum absolute atomic E-state index is 12.6. The van der Waals surface area contributed by atoms with Crippen LogP contribution in [0.25, 0.3) is 0 Å². The van der Waals surface area contributed by atoms with E-state index in [1.54, 1.807) is 0 Å². The lowest BCUT2D eigenvalue weighted by Crippen LogP contribution is -2.30. The molecule has 0 aliphatic carbocycles. The van der Waals surface area contributed by atoms with Crippen molar-refractivity contribution in [3.8, 4) is 0 Å². The number of hydrogen-bond donors (Lipinski definition) is 5. The Morgan fingerprint density at radius 2 is 2.13 bits per heavy atom. The molecule has 0 radical (unpaired) electrons. The number of aromatic nitrogens is 2. The number of aliphatic hydroxyl groups excluding tert-OH is 1. The maximum atomic E-state index is 12.6. The fraction of sp³-hybridized carbons (Fsp3) is 0.545. The molecule has 0 atom stereocenters. The van der Waals surface area contributed by atoms with Gasteiger partial charge < -0.3 is 26.1 Å². The average Bonchev–Trinajstić information content (AvgIpc) is 2.44. The highest BCUT2D eigenvalue weighted by atomic mass is 19.4. The number of aliphatic hydroxyl groups is 1. The summed E-state index contributed by atoms with van der Waals surface area (Å²) in [6.07, 6.45) is -5.88. The molecular formula is C11H16F3N5O4. The number of anilines is 2. The number of aromatic amines is 1. The largest absolute Gasteiger partial charge is 0.433 e. The van der Waals surface area contributed by atoms with E-state index in [1.165, 1.54) is 0 Å². The van der Waals surface area contributed by atoms with Crippen molar-refractivity contribution in [1.82, 2.24) is 9.97 Å². The second-order valence-corrected chi connectivity index (χ2v) is 4.26. The van der Waals surface area contributed by atoms with Gasteiger partial charge in [-0.2, -0.15) is 18.2 Å². The van der Waals surface area contributed by atoms with Crippen molar-refractivity contribution in [3.63, 3.8) is 0 Å². The highest BCUT2D eigenvalue weighted by Crippen LogP contribution is 2.21. The number of alkyl halides is 3. The van der Waals surface area contributed by atoms with Crippen LogP contribution in [0.15, 0.2) is 9.95 Å². The van der Waals surface area contributed by atoms with Gasteiger partial charge in [0.1, 0.15) is 5.82 Å². The molecule has 0 aromatic carbocycles. The van der Waals surface area contributed by atoms with E-state index in [1.807, 2.05) is 0 Å². The highest BCUT2D eigenvalue weighted by molar-refractivity contribution is 5.91. The summed E-state index contributed by atoms with van der Waals surface area (Å²) >= 11 is 0. The van der Waals surface area contributed by atoms with E-state index < -0.39 is 23.9 Å². The molecular weight excluding hydrogens is 323 g/mol. The molecule has 0 bridgehead atoms. The maximum Gasteiger partial charge on any atom is 0.433 e. The normalized spacial score (nSPS) is 12.4. The van der Waals surface area contributed by atoms with Gasteiger partial charge in [0.05, 0.1) is 25.4 Å². The van der Waals surface area contributed by atoms with Gasteiger partial charge in [-0.3, -0.25) is 9.78 Å². The van der Waals surface area contributed by atoms with Crippen LogP contribution in [0.1, 0.15) is 5.56 Å². The third kappa shape index (κ3) is 5.75. The Kier molecular flexibility index (Phi) is 6.78. The molecule has 0 amide bonds. The van der Waals surface area contributed by atoms with Gasteiger partial charge in [-0.25, -0.2) is 0 Å². The number of halogens is 3. The Hall–Kier alpha value is -2.34. The van der Waals surface area contributed by atoms with E-state index >= 15 is 0 Å². The van der Waals surface area contributed by atoms with Crippen molar-refractivity contribution in [2.75, 3.05) is 37.4 Å². The van der Waals surface area contributed by atoms with E-state index in [-0.39, 0.29) is 43.7 Å². The summed E-state index contributed by atoms with van der Waals surface area (Å²) in [4.78, 5) is 17.6. The molecule has 1 heterocycles. The average molecular weight is 339 g/mol. The van der Waals surface area contributed by atoms with E-state index in [0.717, 1.165) is 0 Å². The van der Waals surface area contributed by atoms with E-state index in [4.69, 9.17) is 20.8 Å². The molecule has 0 saturated heterocycles. The lowest BCUT2D eigenvalue weighted by atomic mass is 10.1. The summed E-state index contributed by atoms with van der Waals surface area (Å²) in [5.74, 6) is -0.462. The number of H-pyrrole nitrogens is 1. The number of nitrogen functional groups attached to an aromatic ring is 1. The summed E-state index contributed by atoms with van der Waals surface area (Å²) in [7, 11) is 0. The van der Waals surface area contributed by atoms with Crippen molar-refractivity contribution >= 4 is 17.5 Å². The molecule has 23 heavy (non-hydrogen) atoms. The van der Waals surface area contributed by atoms with Crippen LogP contribution in [0, 0.1) is 0 Å². The Labute approximate surface area is 128 Å². The predicted molar refractivity (Wildman–Crippen MR) is 74.6 cm³/mol. The van der Waals surface area contributed by atoms with Gasteiger partial charge in [0.2, 0.25) is 5.95 Å². The summed E-state index contributed by atoms with van der Waals surface area (Å²) in [6, 6.07) is 0. The van der Waals surface area contributed by atoms with Crippen LogP contribution in [-0.4, -0.2) is 58.5 Å². The monoisotopic (exact) mass is 339 g/mol. The number of nitrogens with one attached hydrogen (secondary N) is 2. The Bertz CT molecular complexity index is 602. The lowest BCUT2D eigenvalue weighted by molar-refractivity contribution is -0.0622. The van der Waals surface area contributed by atoms with E-state index in [2.05, 4.69) is 20.4 Å². The van der Waals surface area contributed by atoms with Gasteiger partial charge in [-0.05, 0) is 0 Å². The summed E-state index contributed by atoms with van der Waals surface area (Å²) in [5, 5.41) is 21.8. The van der Waals surface area contributed by atoms with Crippen LogP contribution >= 0.6 is 0 Å². The fourth-order valence-electron chi connectivity index (χ4n) is 1.59. The molecule has 0 unspecified atom stereocenters. The minimum Gasteiger partial charge on any atom is -0.411 e. The molecule has 0 fully saturated rings. The molecule has 1 rings (SSSR count). The minimum absolute atomic E-state index is 0.0921. The minimum atomic E-state index is -4.90. The highest BCUT2D eigenvalue weighted by Gasteiger charge is 2.37. The first kappa shape index (κ1) is 18.7. The second-order valence-electron chi connectivity index (χ2n) is 4.26. The second kappa shape index (κ2) is 8.33. The van der Waals surface area contributed by atoms with Crippen molar-refractivity contribution < 1.29 is 28.2 Å². The quantitative estimate of drug-likeness (QED) is 0.189. The zero-order chi connectivity index (χ0) is 17.5. The lowest BCUT2D eigenvalue weighted by Gasteiger charge is -2.13. The number of ether oxygens (including phenoxy) is 1. The number of hydrogen-bond acceptors (Lipinski definition) is 8. The van der Waals surface area contributed by atoms with Gasteiger partial charge in [-0.15, -0.1) is 0 Å². The molecule has 0 aliphatic rings. The van der Waals surface area contributed by atoms with Crippen molar-refractivity contribution in [3.05, 3.63) is 15.9 Å². The molecule has 0 aliphatic heterocycles. The van der Waals surface area contributed by atoms with Crippen LogP contribution in [0.5, 0.6) is 0 Å². The van der Waals surface area contributed by atoms with Gasteiger partial charge in [0.15, 0.2) is 5.71 Å². The number of nitrogens with two attached hydrogens (primary N) is 1. The Balaban J connectivity index is 2.95. The van der Waals surface area contributed by atoms with Crippen LogP contribution in [0.4, 0.5) is 24.9 Å². The smallest absolute Gasteiger partial charge is 0.411 e. The number of nitrogens with zero attached hydrogens (tertiary/aromatic N) is 2. The molecule has 12 heteroatoms. The summed E-state index contributed by atoms with van der Waals surface area (Å²) < 4.78 is 42.8. The van der Waals surface area contributed by atoms with E-state index in [9.17, 15) is 18.0 Å². The van der Waals surface area contributed by atoms with Gasteiger partial charge in [0, 0.05) is 13.0 Å². The zero-order valence-corrected chi connectivity index (χ0v) is 11.9. The molecule has 6 N–H and O–H groups in total. The third-order valence-electron chi connectivity index (χ3n) is 2.60. The SMILES string of the molecule is Nc1nc(NCCOCCO)c(C/C(=N\O)C(F)(F)F)c(=O)[nH]1. The molecule has 130 valence electrons. The Morgan fingerprint density at radius 1 is 1.43 bits per heavy atom. The number of oxime groups is 1. The van der Waals surface area contributed by atoms with Crippen LogP contribution in [0.3, 0.4) is 0 Å². The topological polar surface area (TPSA) is 146 Å². The van der Waals surface area contributed by atoms with Crippen molar-refractivity contribution in [2.45, 2.75) is 12.6 Å². The van der Waals surface area contributed by atoms with E-state index in [0.29, 0.717) is 0 Å². The zero-order valence-electron chi connectivity index (χ0n) is 11.9. The number of rotatable bonds is 8.